The molecule has 3 aromatic rings. The summed E-state index contributed by atoms with van der Waals surface area (Å²) in [6.07, 6.45) is -0.689. The van der Waals surface area contributed by atoms with Gasteiger partial charge in [0.2, 0.25) is 11.8 Å². The second-order valence-corrected chi connectivity index (χ2v) is 11.6. The average molecular weight is 578 g/mol. The molecule has 1 aromatic carbocycles. The Morgan fingerprint density at radius 1 is 1.14 bits per heavy atom. The van der Waals surface area contributed by atoms with Gasteiger partial charge in [0, 0.05) is 49.1 Å². The number of amides is 3. The fourth-order valence-corrected chi connectivity index (χ4v) is 6.85. The van der Waals surface area contributed by atoms with Crippen LogP contribution in [0, 0.1) is 6.92 Å². The molecule has 0 unspecified atom stereocenters. The number of aryl methyl sites for hydroxylation is 1. The van der Waals surface area contributed by atoms with Gasteiger partial charge in [0.15, 0.2) is 0 Å². The predicted octanol–water partition coefficient (Wildman–Crippen LogP) is 4.18. The first-order chi connectivity index (χ1) is 19.9. The molecule has 218 valence electrons. The number of hydrogen-bond donors (Lipinski definition) is 1. The molecule has 2 aromatic heterocycles. The minimum absolute atomic E-state index is 0.173. The molecule has 1 fully saturated rings. The highest BCUT2D eigenvalue weighted by Crippen LogP contribution is 2.46. The molecular formula is C31H30F3N5O3. The van der Waals surface area contributed by atoms with Crippen LogP contribution in [0.4, 0.5) is 19.0 Å². The minimum Gasteiger partial charge on any atom is -0.330 e. The molecule has 11 heteroatoms. The first-order valence-corrected chi connectivity index (χ1v) is 13.8. The summed E-state index contributed by atoms with van der Waals surface area (Å²) in [5.41, 5.74) is 3.32. The quantitative estimate of drug-likeness (QED) is 0.502. The zero-order valence-corrected chi connectivity index (χ0v) is 23.4. The van der Waals surface area contributed by atoms with Gasteiger partial charge in [0.05, 0.1) is 11.0 Å². The van der Waals surface area contributed by atoms with E-state index in [1.807, 2.05) is 37.3 Å². The van der Waals surface area contributed by atoms with E-state index in [0.717, 1.165) is 27.2 Å². The van der Waals surface area contributed by atoms with Crippen molar-refractivity contribution >= 4 is 23.5 Å². The minimum atomic E-state index is -4.59. The summed E-state index contributed by atoms with van der Waals surface area (Å²) in [7, 11) is 1.45. The van der Waals surface area contributed by atoms with Crippen LogP contribution in [-0.2, 0) is 27.8 Å². The van der Waals surface area contributed by atoms with Crippen LogP contribution in [0.25, 0.3) is 0 Å². The van der Waals surface area contributed by atoms with Gasteiger partial charge >= 0.3 is 6.18 Å². The third kappa shape index (κ3) is 4.51. The van der Waals surface area contributed by atoms with E-state index in [4.69, 9.17) is 0 Å². The van der Waals surface area contributed by atoms with Crippen LogP contribution in [0.5, 0.6) is 0 Å². The number of aromatic nitrogens is 2. The summed E-state index contributed by atoms with van der Waals surface area (Å²) in [4.78, 5) is 51.2. The predicted molar refractivity (Wildman–Crippen MR) is 148 cm³/mol. The fourth-order valence-electron chi connectivity index (χ4n) is 6.85. The molecule has 8 nitrogen and oxygen atoms in total. The van der Waals surface area contributed by atoms with Crippen LogP contribution in [0.3, 0.4) is 0 Å². The molecule has 1 saturated heterocycles. The number of piperidine rings is 1. The number of likely N-dealkylation sites (N-methyl/N-ethyl adjacent to an activating group) is 1. The highest BCUT2D eigenvalue weighted by Gasteiger charge is 2.52. The Balaban J connectivity index is 1.29. The number of alkyl halides is 3. The van der Waals surface area contributed by atoms with E-state index < -0.39 is 48.0 Å². The number of halogens is 3. The second kappa shape index (κ2) is 9.92. The molecule has 42 heavy (non-hydrogen) atoms. The lowest BCUT2D eigenvalue weighted by Crippen LogP contribution is -2.60. The largest absolute Gasteiger partial charge is 0.406 e. The van der Waals surface area contributed by atoms with Gasteiger partial charge in [-0.1, -0.05) is 30.3 Å². The Bertz CT molecular complexity index is 1610. The number of anilines is 1. The van der Waals surface area contributed by atoms with Crippen molar-refractivity contribution in [2.24, 2.45) is 0 Å². The number of fused-ring (bicyclic) bond motifs is 3. The summed E-state index contributed by atoms with van der Waals surface area (Å²) in [6.45, 7) is 2.12. The Kier molecular flexibility index (Phi) is 6.58. The molecule has 2 aliphatic heterocycles. The van der Waals surface area contributed by atoms with Crippen molar-refractivity contribution in [3.05, 3.63) is 88.4 Å². The van der Waals surface area contributed by atoms with Crippen molar-refractivity contribution in [1.29, 1.82) is 0 Å². The molecule has 0 radical (unpaired) electrons. The Hall–Kier alpha value is -4.28. The van der Waals surface area contributed by atoms with Crippen LogP contribution in [0.2, 0.25) is 0 Å². The van der Waals surface area contributed by atoms with E-state index >= 15 is 0 Å². The van der Waals surface area contributed by atoms with Crippen LogP contribution in [-0.4, -0.2) is 69.3 Å². The van der Waals surface area contributed by atoms with Gasteiger partial charge in [-0.25, -0.2) is 4.98 Å². The van der Waals surface area contributed by atoms with Crippen molar-refractivity contribution in [1.82, 2.24) is 19.8 Å². The van der Waals surface area contributed by atoms with Crippen molar-refractivity contribution in [3.63, 3.8) is 0 Å². The zero-order chi connectivity index (χ0) is 30.0. The molecule has 1 spiro atoms. The number of carbonyl (C=O) groups is 3. The first-order valence-electron chi connectivity index (χ1n) is 13.8. The number of likely N-dealkylation sites (tertiary alicyclic amines) is 1. The van der Waals surface area contributed by atoms with Crippen LogP contribution in [0.1, 0.15) is 57.6 Å². The molecule has 4 atom stereocenters. The van der Waals surface area contributed by atoms with E-state index in [-0.39, 0.29) is 17.9 Å². The van der Waals surface area contributed by atoms with E-state index in [0.29, 0.717) is 24.4 Å². The molecule has 4 heterocycles. The third-order valence-electron chi connectivity index (χ3n) is 9.10. The van der Waals surface area contributed by atoms with E-state index in [1.165, 1.54) is 18.1 Å². The van der Waals surface area contributed by atoms with Crippen LogP contribution < -0.4 is 5.32 Å². The van der Waals surface area contributed by atoms with E-state index in [1.54, 1.807) is 25.3 Å². The van der Waals surface area contributed by atoms with Crippen LogP contribution in [0.15, 0.2) is 54.9 Å². The normalized spacial score (nSPS) is 24.9. The van der Waals surface area contributed by atoms with Gasteiger partial charge in [-0.2, -0.15) is 13.2 Å². The first kappa shape index (κ1) is 27.9. The summed E-state index contributed by atoms with van der Waals surface area (Å²) in [6, 6.07) is 10.9. The molecule has 0 saturated carbocycles. The topological polar surface area (TPSA) is 95.5 Å². The third-order valence-corrected chi connectivity index (χ3v) is 9.10. The van der Waals surface area contributed by atoms with Crippen molar-refractivity contribution in [2.45, 2.75) is 62.7 Å². The van der Waals surface area contributed by atoms with Gasteiger partial charge in [0.25, 0.3) is 5.91 Å². The lowest BCUT2D eigenvalue weighted by Gasteiger charge is -2.46. The van der Waals surface area contributed by atoms with Gasteiger partial charge in [-0.15, -0.1) is 0 Å². The van der Waals surface area contributed by atoms with Crippen LogP contribution >= 0.6 is 0 Å². The molecule has 6 rings (SSSR count). The molecule has 3 aliphatic rings. The average Bonchev–Trinajstić information content (AvgIpc) is 3.47. The Labute approximate surface area is 240 Å². The summed E-state index contributed by atoms with van der Waals surface area (Å²) in [5, 5.41) is 2.84. The SMILES string of the molecule is Cc1ccccc1[C@@H]1C[C@H](N(C)C(=O)c2cnc3c(c2)C[C@@]2(C3)C(=O)Nc3ncccc32)C(=O)N(CC(F)(F)F)[C@@H]1C. The van der Waals surface area contributed by atoms with Gasteiger partial charge in [-0.05, 0) is 55.5 Å². The number of hydrogen-bond acceptors (Lipinski definition) is 5. The van der Waals surface area contributed by atoms with Crippen molar-refractivity contribution < 1.29 is 27.6 Å². The van der Waals surface area contributed by atoms with Gasteiger partial charge in [-0.3, -0.25) is 19.4 Å². The molecule has 1 N–H and O–H groups in total. The Morgan fingerprint density at radius 3 is 2.64 bits per heavy atom. The number of pyridine rings is 2. The number of nitrogens with one attached hydrogen (secondary N) is 1. The number of nitrogens with zero attached hydrogens (tertiary/aromatic N) is 4. The van der Waals surface area contributed by atoms with E-state index in [2.05, 4.69) is 15.3 Å². The maximum absolute atomic E-state index is 13.8. The summed E-state index contributed by atoms with van der Waals surface area (Å²) in [5.74, 6) is -1.32. The Morgan fingerprint density at radius 2 is 1.90 bits per heavy atom. The number of rotatable bonds is 4. The lowest BCUT2D eigenvalue weighted by atomic mass is 9.79. The molecule has 1 aliphatic carbocycles. The number of carbonyl (C=O) groups excluding carboxylic acids is 3. The summed E-state index contributed by atoms with van der Waals surface area (Å²) >= 11 is 0. The van der Waals surface area contributed by atoms with E-state index in [9.17, 15) is 27.6 Å². The standard InChI is InChI=1S/C31H30F3N5O3/c1-17-7-4-5-8-21(17)22-12-25(28(41)39(18(22)2)16-31(32,33)34)38(3)27(40)20-11-19-13-30(14-24(19)36-15-20)23-9-6-10-35-26(23)37-29(30)42/h4-11,15,18,22,25H,12-14,16H2,1-3H3,(H,35,37,42)/t18-,22-,25+,30+/m1/s1. The maximum atomic E-state index is 13.8. The van der Waals surface area contributed by atoms with Gasteiger partial charge < -0.3 is 15.1 Å². The van der Waals surface area contributed by atoms with Crippen molar-refractivity contribution in [2.75, 3.05) is 18.9 Å². The molecular weight excluding hydrogens is 547 g/mol. The summed E-state index contributed by atoms with van der Waals surface area (Å²) < 4.78 is 40.8. The monoisotopic (exact) mass is 577 g/mol. The second-order valence-electron chi connectivity index (χ2n) is 11.6. The fraction of sp³-hybridized carbons (Fsp3) is 0.387. The number of benzene rings is 1. The molecule has 0 bridgehead atoms. The lowest BCUT2D eigenvalue weighted by molar-refractivity contribution is -0.172. The van der Waals surface area contributed by atoms with Crippen molar-refractivity contribution in [3.8, 4) is 0 Å². The maximum Gasteiger partial charge on any atom is 0.406 e. The highest BCUT2D eigenvalue weighted by atomic mass is 19.4. The zero-order valence-electron chi connectivity index (χ0n) is 23.4. The smallest absolute Gasteiger partial charge is 0.330 e. The highest BCUT2D eigenvalue weighted by molar-refractivity contribution is 6.06. The molecule has 3 amide bonds. The van der Waals surface area contributed by atoms with Gasteiger partial charge in [0.1, 0.15) is 18.4 Å².